The molecule has 0 fully saturated rings. The summed E-state index contributed by atoms with van der Waals surface area (Å²) in [5, 5.41) is 0. The molecule has 0 N–H and O–H groups in total. The Morgan fingerprint density at radius 1 is 1.25 bits per heavy atom. The second-order valence-electron chi connectivity index (χ2n) is 0. The molecular weight excluding hydrogens is 229 g/mol. The monoisotopic (exact) mass is 234 g/mol. The molecule has 0 aromatic rings. The van der Waals surface area contributed by atoms with Gasteiger partial charge in [0.2, 0.25) is 10.1 Å². The van der Waals surface area contributed by atoms with Crippen molar-refractivity contribution >= 4 is 59.0 Å². The van der Waals surface area contributed by atoms with Gasteiger partial charge in [0.15, 0.2) is 0 Å². The Kier molecular flexibility index (Phi) is 75.2. The molecule has 0 aliphatic rings. The molecule has 0 unspecified atom stereocenters. The van der Waals surface area contributed by atoms with Crippen LogP contribution in [0.2, 0.25) is 0 Å². The van der Waals surface area contributed by atoms with E-state index in [1.165, 1.54) is 0 Å². The van der Waals surface area contributed by atoms with Crippen molar-refractivity contribution in [2.45, 2.75) is 0 Å². The van der Waals surface area contributed by atoms with Crippen LogP contribution in [-0.4, -0.2) is 59.0 Å². The summed E-state index contributed by atoms with van der Waals surface area (Å²) in [6.45, 7) is 0. The van der Waals surface area contributed by atoms with E-state index in [9.17, 15) is 0 Å². The second kappa shape index (κ2) is 18.5. The van der Waals surface area contributed by atoms with Gasteiger partial charge in [0.1, 0.15) is 0 Å². The van der Waals surface area contributed by atoms with Crippen LogP contribution in [-0.2, 0) is 26.2 Å². The Labute approximate surface area is 83.4 Å². The second-order valence-corrected chi connectivity index (χ2v) is 0. The Bertz CT molecular complexity index is 8.00. The van der Waals surface area contributed by atoms with Gasteiger partial charge < -0.3 is 4.46 Å². The summed E-state index contributed by atoms with van der Waals surface area (Å²) in [5.74, 6) is 0. The predicted octanol–water partition coefficient (Wildman–Crippen LogP) is -1.95. The van der Waals surface area contributed by atoms with Crippen molar-refractivity contribution < 1.29 is 26.2 Å². The average molecular weight is 233 g/mol. The van der Waals surface area contributed by atoms with E-state index in [2.05, 4.69) is 0 Å². The fourth-order valence-corrected chi connectivity index (χ4v) is 0. The molecule has 0 saturated heterocycles. The zero-order chi connectivity index (χ0) is 2.00. The third-order valence-electron chi connectivity index (χ3n) is 0. The van der Waals surface area contributed by atoms with E-state index >= 15 is 0 Å². The molecule has 0 aliphatic heterocycles. The largest absolute Gasteiger partial charge is 0 e. The molecule has 1 nitrogen and oxygen atoms in total. The van der Waals surface area contributed by atoms with E-state index in [1.54, 1.807) is 0 Å². The SMILES string of the molecule is O=[SiH2].[BaH2].[Ti]. The Balaban J connectivity index is -0.00000000500. The molecule has 0 amide bonds. The van der Waals surface area contributed by atoms with Gasteiger partial charge in [-0.2, -0.15) is 0 Å². The van der Waals surface area contributed by atoms with E-state index < -0.39 is 0 Å². The van der Waals surface area contributed by atoms with Gasteiger partial charge in [-0.3, -0.25) is 0 Å². The quantitative estimate of drug-likeness (QED) is 0.444. The third kappa shape index (κ3) is 8.85. The predicted molar refractivity (Wildman–Crippen MR) is 17.8 cm³/mol. The zero-order valence-electron chi connectivity index (χ0n) is 1.62. The van der Waals surface area contributed by atoms with Crippen molar-refractivity contribution in [3.63, 3.8) is 0 Å². The first-order valence-electron chi connectivity index (χ1n) is 0.289. The number of hydrogen-bond donors (Lipinski definition) is 0. The standard InChI is InChI=1S/Ba.H2OSi.Ti.2H/c;1-2;;;/h;2H2;;;. The van der Waals surface area contributed by atoms with Crippen LogP contribution in [0.4, 0.5) is 0 Å². The van der Waals surface area contributed by atoms with Crippen LogP contribution >= 0.6 is 0 Å². The van der Waals surface area contributed by atoms with Crippen LogP contribution in [0.5, 0.6) is 0 Å². The molecule has 20 valence electrons. The summed E-state index contributed by atoms with van der Waals surface area (Å²) in [7, 11) is 0.611. The van der Waals surface area contributed by atoms with Gasteiger partial charge >= 0.3 is 48.9 Å². The zero-order valence-corrected chi connectivity index (χ0v) is 4.59. The summed E-state index contributed by atoms with van der Waals surface area (Å²) in [4.78, 5) is 0. The van der Waals surface area contributed by atoms with Gasteiger partial charge in [0, 0.05) is 21.7 Å². The molecule has 0 radical (unpaired) electrons. The van der Waals surface area contributed by atoms with Crippen LogP contribution in [0.25, 0.3) is 0 Å². The summed E-state index contributed by atoms with van der Waals surface area (Å²) >= 11 is 0. The van der Waals surface area contributed by atoms with Crippen molar-refractivity contribution in [3.8, 4) is 0 Å². The van der Waals surface area contributed by atoms with Crippen molar-refractivity contribution in [3.05, 3.63) is 0 Å². The van der Waals surface area contributed by atoms with Crippen LogP contribution < -0.4 is 0 Å². The van der Waals surface area contributed by atoms with Crippen molar-refractivity contribution in [1.29, 1.82) is 0 Å². The smallest absolute Gasteiger partial charge is 0 e. The third-order valence-corrected chi connectivity index (χ3v) is 0. The number of rotatable bonds is 0. The number of hydrogen-bond acceptors (Lipinski definition) is 1. The first-order chi connectivity index (χ1) is 1.00. The minimum Gasteiger partial charge on any atom is 0 e. The molecule has 0 atom stereocenters. The van der Waals surface area contributed by atoms with Crippen molar-refractivity contribution in [2.24, 2.45) is 0 Å². The summed E-state index contributed by atoms with van der Waals surface area (Å²) < 4.78 is 8.28. The molecule has 0 spiro atoms. The van der Waals surface area contributed by atoms with Crippen LogP contribution in [0.3, 0.4) is 0 Å². The first kappa shape index (κ1) is 16.2. The maximum absolute atomic E-state index is 8.28. The Morgan fingerprint density at radius 2 is 1.25 bits per heavy atom. The summed E-state index contributed by atoms with van der Waals surface area (Å²) in [6, 6.07) is 0. The molecule has 0 aliphatic carbocycles. The maximum atomic E-state index is 8.28. The van der Waals surface area contributed by atoms with Crippen LogP contribution in [0.15, 0.2) is 0 Å². The maximum Gasteiger partial charge on any atom is 0 e. The summed E-state index contributed by atoms with van der Waals surface area (Å²) in [6.07, 6.45) is 0. The molecule has 0 rings (SSSR count). The van der Waals surface area contributed by atoms with Crippen LogP contribution in [0.1, 0.15) is 0 Å². The van der Waals surface area contributed by atoms with Gasteiger partial charge in [-0.1, -0.05) is 0 Å². The van der Waals surface area contributed by atoms with Gasteiger partial charge in [-0.25, -0.2) is 0 Å². The minimum absolute atomic E-state index is 0. The van der Waals surface area contributed by atoms with E-state index in [1.807, 2.05) is 0 Å². The molecule has 4 heavy (non-hydrogen) atoms. The average Bonchev–Trinajstić information content (AvgIpc) is 1.00. The molecule has 4 heteroatoms. The molecule has 0 aromatic carbocycles. The van der Waals surface area contributed by atoms with Gasteiger partial charge in [-0.15, -0.1) is 0 Å². The molecule has 0 heterocycles. The molecular formula is H4BaOSiTi. The first-order valence-corrected chi connectivity index (χ1v) is 0.866. The van der Waals surface area contributed by atoms with E-state index in [4.69, 9.17) is 4.46 Å². The topological polar surface area (TPSA) is 17.1 Å². The van der Waals surface area contributed by atoms with Gasteiger partial charge in [0.25, 0.3) is 0 Å². The van der Waals surface area contributed by atoms with Gasteiger partial charge in [-0.05, 0) is 0 Å². The van der Waals surface area contributed by atoms with E-state index in [-0.39, 0.29) is 70.6 Å². The van der Waals surface area contributed by atoms with E-state index in [0.29, 0.717) is 10.1 Å². The fraction of sp³-hybridized carbons (Fsp3) is 0. The summed E-state index contributed by atoms with van der Waals surface area (Å²) in [5.41, 5.74) is 0. The van der Waals surface area contributed by atoms with Gasteiger partial charge in [0.05, 0.1) is 0 Å². The van der Waals surface area contributed by atoms with E-state index in [0.717, 1.165) is 0 Å². The van der Waals surface area contributed by atoms with Crippen molar-refractivity contribution in [2.75, 3.05) is 0 Å². The Morgan fingerprint density at radius 3 is 1.25 bits per heavy atom. The normalized spacial score (nSPS) is 1.00. The molecule has 0 saturated carbocycles. The fourth-order valence-electron chi connectivity index (χ4n) is 0. The molecule has 0 aromatic heterocycles. The minimum atomic E-state index is 0. The Hall–Kier alpha value is 2.30. The molecule has 0 bridgehead atoms. The van der Waals surface area contributed by atoms with Crippen molar-refractivity contribution in [1.82, 2.24) is 0 Å². The van der Waals surface area contributed by atoms with Crippen LogP contribution in [0, 0.1) is 0 Å².